The highest BCUT2D eigenvalue weighted by Crippen LogP contribution is 2.25. The van der Waals surface area contributed by atoms with E-state index in [-0.39, 0.29) is 30.9 Å². The number of hydrogen-bond donors (Lipinski definition) is 2. The maximum atomic E-state index is 13.5. The number of aromatic nitrogens is 1. The van der Waals surface area contributed by atoms with E-state index in [9.17, 15) is 18.0 Å². The smallest absolute Gasteiger partial charge is 0.259 e. The molecule has 9 nitrogen and oxygen atoms in total. The first-order chi connectivity index (χ1) is 16.3. The van der Waals surface area contributed by atoms with Gasteiger partial charge in [-0.15, -0.1) is 0 Å². The minimum absolute atomic E-state index is 0.0919. The van der Waals surface area contributed by atoms with Crippen molar-refractivity contribution >= 4 is 21.8 Å². The second kappa shape index (κ2) is 10.6. The highest BCUT2D eigenvalue weighted by Gasteiger charge is 2.44. The quantitative estimate of drug-likeness (QED) is 0.638. The summed E-state index contributed by atoms with van der Waals surface area (Å²) in [7, 11) is -3.88. The van der Waals surface area contributed by atoms with Crippen LogP contribution in [-0.4, -0.2) is 65.8 Å². The van der Waals surface area contributed by atoms with Gasteiger partial charge < -0.3 is 16.0 Å². The van der Waals surface area contributed by atoms with Crippen LogP contribution >= 0.6 is 0 Å². The second-order valence-electron chi connectivity index (χ2n) is 8.93. The van der Waals surface area contributed by atoms with Crippen molar-refractivity contribution in [2.24, 2.45) is 5.73 Å². The number of nitrogens with two attached hydrogens (primary N) is 1. The maximum Gasteiger partial charge on any atom is 0.259 e. The molecule has 0 radical (unpaired) electrons. The summed E-state index contributed by atoms with van der Waals surface area (Å²) in [5.74, 6) is -1.11. The lowest BCUT2D eigenvalue weighted by molar-refractivity contribution is -0.132. The second-order valence-corrected chi connectivity index (χ2v) is 10.9. The SMILES string of the molecule is NC1CCC(NC(=O)C2N(C(=O)c3ccncc3)CCCN2S(=O)(=O)Cc2ccccc2)CC1. The fraction of sp³-hybridized carbons (Fsp3) is 0.458. The number of amides is 2. The van der Waals surface area contributed by atoms with Crippen molar-refractivity contribution < 1.29 is 18.0 Å². The standard InChI is InChI=1S/C24H31N5O4S/c25-20-7-9-21(10-8-20)27-22(30)23-28(24(31)19-11-13-26-14-12-19)15-4-16-29(23)34(32,33)17-18-5-2-1-3-6-18/h1-3,5-6,11-14,20-21,23H,4,7-10,15-17,25H2,(H,27,30). The number of carbonyl (C=O) groups is 2. The van der Waals surface area contributed by atoms with E-state index in [2.05, 4.69) is 10.3 Å². The molecule has 1 unspecified atom stereocenters. The minimum atomic E-state index is -3.88. The number of benzene rings is 1. The fourth-order valence-corrected chi connectivity index (χ4v) is 6.34. The van der Waals surface area contributed by atoms with E-state index in [1.807, 2.05) is 6.07 Å². The van der Waals surface area contributed by atoms with Crippen molar-refractivity contribution in [3.05, 3.63) is 66.0 Å². The van der Waals surface area contributed by atoms with Gasteiger partial charge in [0.2, 0.25) is 10.0 Å². The zero-order valence-electron chi connectivity index (χ0n) is 19.0. The Bertz CT molecular complexity index is 1090. The van der Waals surface area contributed by atoms with Crippen LogP contribution in [0.5, 0.6) is 0 Å². The van der Waals surface area contributed by atoms with Crippen molar-refractivity contribution in [3.63, 3.8) is 0 Å². The van der Waals surface area contributed by atoms with Gasteiger partial charge >= 0.3 is 0 Å². The number of sulfonamides is 1. The lowest BCUT2D eigenvalue weighted by Crippen LogP contribution is -2.64. The minimum Gasteiger partial charge on any atom is -0.350 e. The molecule has 10 heteroatoms. The number of hydrogen-bond acceptors (Lipinski definition) is 6. The Kier molecular flexibility index (Phi) is 7.60. The number of rotatable bonds is 6. The number of pyridine rings is 1. The first kappa shape index (κ1) is 24.3. The van der Waals surface area contributed by atoms with E-state index in [0.29, 0.717) is 17.5 Å². The fourth-order valence-electron chi connectivity index (χ4n) is 4.64. The molecule has 2 fully saturated rings. The van der Waals surface area contributed by atoms with Crippen LogP contribution in [0.1, 0.15) is 48.0 Å². The van der Waals surface area contributed by atoms with Gasteiger partial charge in [0.1, 0.15) is 0 Å². The van der Waals surface area contributed by atoms with Crippen molar-refractivity contribution in [1.82, 2.24) is 19.5 Å². The Hall–Kier alpha value is -2.82. The number of carbonyl (C=O) groups excluding carboxylic acids is 2. The molecule has 1 aliphatic heterocycles. The molecule has 0 spiro atoms. The van der Waals surface area contributed by atoms with Crippen molar-refractivity contribution in [3.8, 4) is 0 Å². The molecular weight excluding hydrogens is 454 g/mol. The zero-order valence-corrected chi connectivity index (χ0v) is 19.9. The van der Waals surface area contributed by atoms with Gasteiger partial charge in [0.25, 0.3) is 11.8 Å². The molecule has 2 aromatic rings. The first-order valence-corrected chi connectivity index (χ1v) is 13.3. The summed E-state index contributed by atoms with van der Waals surface area (Å²) < 4.78 is 28.2. The molecule has 1 aromatic carbocycles. The molecule has 2 aliphatic rings. The average molecular weight is 486 g/mol. The summed E-state index contributed by atoms with van der Waals surface area (Å²) in [5, 5.41) is 3.00. The molecule has 1 aromatic heterocycles. The summed E-state index contributed by atoms with van der Waals surface area (Å²) in [5.41, 5.74) is 6.98. The molecule has 182 valence electrons. The van der Waals surface area contributed by atoms with E-state index >= 15 is 0 Å². The van der Waals surface area contributed by atoms with Crippen LogP contribution in [0.4, 0.5) is 0 Å². The first-order valence-electron chi connectivity index (χ1n) is 11.7. The summed E-state index contributed by atoms with van der Waals surface area (Å²) in [6.07, 6.45) is 5.24. The van der Waals surface area contributed by atoms with Gasteiger partial charge in [0, 0.05) is 43.1 Å². The van der Waals surface area contributed by atoms with Gasteiger partial charge in [0.15, 0.2) is 6.17 Å². The monoisotopic (exact) mass is 485 g/mol. The molecule has 1 saturated carbocycles. The predicted octanol–water partition coefficient (Wildman–Crippen LogP) is 1.47. The topological polar surface area (TPSA) is 126 Å². The third kappa shape index (κ3) is 5.63. The van der Waals surface area contributed by atoms with Gasteiger partial charge in [-0.05, 0) is 49.8 Å². The van der Waals surface area contributed by atoms with E-state index in [1.54, 1.807) is 36.4 Å². The van der Waals surface area contributed by atoms with Crippen molar-refractivity contribution in [2.75, 3.05) is 13.1 Å². The van der Waals surface area contributed by atoms with Gasteiger partial charge in [-0.3, -0.25) is 14.6 Å². The van der Waals surface area contributed by atoms with E-state index in [0.717, 1.165) is 25.7 Å². The van der Waals surface area contributed by atoms with E-state index < -0.39 is 28.0 Å². The predicted molar refractivity (Wildman–Crippen MR) is 128 cm³/mol. The van der Waals surface area contributed by atoms with Crippen LogP contribution in [-0.2, 0) is 20.6 Å². The molecule has 0 bridgehead atoms. The highest BCUT2D eigenvalue weighted by atomic mass is 32.2. The van der Waals surface area contributed by atoms with Gasteiger partial charge in [-0.25, -0.2) is 8.42 Å². The Morgan fingerprint density at radius 2 is 1.68 bits per heavy atom. The molecule has 3 N–H and O–H groups in total. The molecular formula is C24H31N5O4S. The van der Waals surface area contributed by atoms with Crippen LogP contribution in [0, 0.1) is 0 Å². The Morgan fingerprint density at radius 1 is 1.00 bits per heavy atom. The maximum absolute atomic E-state index is 13.5. The van der Waals surface area contributed by atoms with Crippen LogP contribution < -0.4 is 11.1 Å². The van der Waals surface area contributed by atoms with Crippen LogP contribution in [0.3, 0.4) is 0 Å². The third-order valence-corrected chi connectivity index (χ3v) is 8.23. The summed E-state index contributed by atoms with van der Waals surface area (Å²) >= 11 is 0. The molecule has 1 aliphatic carbocycles. The molecule has 1 saturated heterocycles. The van der Waals surface area contributed by atoms with Gasteiger partial charge in [-0.1, -0.05) is 30.3 Å². The average Bonchev–Trinajstić information content (AvgIpc) is 2.85. The van der Waals surface area contributed by atoms with Crippen molar-refractivity contribution in [1.29, 1.82) is 0 Å². The Morgan fingerprint density at radius 3 is 2.35 bits per heavy atom. The summed E-state index contributed by atoms with van der Waals surface area (Å²) in [6.45, 7) is 0.453. The normalized spacial score (nSPS) is 23.9. The summed E-state index contributed by atoms with van der Waals surface area (Å²) in [6, 6.07) is 12.0. The largest absolute Gasteiger partial charge is 0.350 e. The van der Waals surface area contributed by atoms with Gasteiger partial charge in [0.05, 0.1) is 5.75 Å². The number of nitrogens with one attached hydrogen (secondary N) is 1. The van der Waals surface area contributed by atoms with Crippen LogP contribution in [0.2, 0.25) is 0 Å². The van der Waals surface area contributed by atoms with Crippen LogP contribution in [0.15, 0.2) is 54.9 Å². The van der Waals surface area contributed by atoms with E-state index in [4.69, 9.17) is 5.73 Å². The van der Waals surface area contributed by atoms with Gasteiger partial charge in [-0.2, -0.15) is 4.31 Å². The lowest BCUT2D eigenvalue weighted by Gasteiger charge is -2.42. The zero-order chi connectivity index (χ0) is 24.1. The molecule has 4 rings (SSSR count). The van der Waals surface area contributed by atoms with Crippen LogP contribution in [0.25, 0.3) is 0 Å². The highest BCUT2D eigenvalue weighted by molar-refractivity contribution is 7.88. The summed E-state index contributed by atoms with van der Waals surface area (Å²) in [4.78, 5) is 32.2. The van der Waals surface area contributed by atoms with E-state index in [1.165, 1.54) is 21.6 Å². The molecule has 2 amide bonds. The molecule has 1 atom stereocenters. The molecule has 34 heavy (non-hydrogen) atoms. The Balaban J connectivity index is 1.63. The van der Waals surface area contributed by atoms with Crippen molar-refractivity contribution in [2.45, 2.75) is 56.1 Å². The third-order valence-electron chi connectivity index (χ3n) is 6.44. The lowest BCUT2D eigenvalue weighted by atomic mass is 9.92. The molecule has 2 heterocycles. The Labute approximate surface area is 200 Å². The number of nitrogens with zero attached hydrogens (tertiary/aromatic N) is 3.